The number of anilines is 2. The molecule has 3 amide bonds. The first kappa shape index (κ1) is 21.7. The fourth-order valence-electron chi connectivity index (χ4n) is 4.17. The number of halogens is 1. The van der Waals surface area contributed by atoms with E-state index in [-0.39, 0.29) is 30.2 Å². The van der Waals surface area contributed by atoms with Crippen molar-refractivity contribution in [1.29, 1.82) is 0 Å². The smallest absolute Gasteiger partial charge is 0.317 e. The summed E-state index contributed by atoms with van der Waals surface area (Å²) in [5.74, 6) is 0.803. The largest absolute Gasteiger partial charge is 0.493 e. The summed E-state index contributed by atoms with van der Waals surface area (Å²) in [5.41, 5.74) is 1.25. The maximum atomic E-state index is 14.0. The van der Waals surface area contributed by atoms with Gasteiger partial charge in [-0.05, 0) is 24.3 Å². The second kappa shape index (κ2) is 9.33. The van der Waals surface area contributed by atoms with Crippen molar-refractivity contribution in [3.63, 3.8) is 0 Å². The SMILES string of the molecule is COc1ccc(N2CC(NC(=O)N3CCN(c4ccccc4F)CC3)CC2=O)cc1OC. The number of carbonyl (C=O) groups is 2. The molecule has 0 radical (unpaired) electrons. The number of nitrogens with one attached hydrogen (secondary N) is 1. The monoisotopic (exact) mass is 442 g/mol. The minimum Gasteiger partial charge on any atom is -0.493 e. The van der Waals surface area contributed by atoms with E-state index in [1.54, 1.807) is 60.4 Å². The van der Waals surface area contributed by atoms with Crippen molar-refractivity contribution < 1.29 is 23.5 Å². The molecule has 2 heterocycles. The van der Waals surface area contributed by atoms with Gasteiger partial charge in [-0.2, -0.15) is 0 Å². The highest BCUT2D eigenvalue weighted by Gasteiger charge is 2.33. The third-order valence-corrected chi connectivity index (χ3v) is 5.89. The van der Waals surface area contributed by atoms with Gasteiger partial charge in [-0.1, -0.05) is 12.1 Å². The van der Waals surface area contributed by atoms with E-state index < -0.39 is 0 Å². The predicted octanol–water partition coefficient (Wildman–Crippen LogP) is 2.48. The highest BCUT2D eigenvalue weighted by molar-refractivity contribution is 5.97. The molecule has 4 rings (SSSR count). The maximum absolute atomic E-state index is 14.0. The van der Waals surface area contributed by atoms with Gasteiger partial charge in [0.1, 0.15) is 5.82 Å². The van der Waals surface area contributed by atoms with Crippen LogP contribution in [0.25, 0.3) is 0 Å². The molecule has 2 fully saturated rings. The first-order valence-corrected chi connectivity index (χ1v) is 10.6. The second-order valence-corrected chi connectivity index (χ2v) is 7.82. The number of rotatable bonds is 5. The molecule has 0 spiro atoms. The molecule has 1 atom stereocenters. The molecular weight excluding hydrogens is 415 g/mol. The number of ether oxygens (including phenoxy) is 2. The fraction of sp³-hybridized carbons (Fsp3) is 0.391. The quantitative estimate of drug-likeness (QED) is 0.770. The minimum atomic E-state index is -0.285. The topological polar surface area (TPSA) is 74.4 Å². The lowest BCUT2D eigenvalue weighted by Gasteiger charge is -2.36. The van der Waals surface area contributed by atoms with Gasteiger partial charge >= 0.3 is 6.03 Å². The molecule has 32 heavy (non-hydrogen) atoms. The van der Waals surface area contributed by atoms with Gasteiger partial charge in [0.25, 0.3) is 0 Å². The van der Waals surface area contributed by atoms with Crippen molar-refractivity contribution in [2.24, 2.45) is 0 Å². The van der Waals surface area contributed by atoms with E-state index in [1.807, 2.05) is 4.90 Å². The van der Waals surface area contributed by atoms with Crippen LogP contribution in [0.1, 0.15) is 6.42 Å². The van der Waals surface area contributed by atoms with E-state index in [0.29, 0.717) is 55.6 Å². The second-order valence-electron chi connectivity index (χ2n) is 7.82. The van der Waals surface area contributed by atoms with Gasteiger partial charge in [-0.3, -0.25) is 4.79 Å². The van der Waals surface area contributed by atoms with Crippen LogP contribution in [0.3, 0.4) is 0 Å². The third kappa shape index (κ3) is 4.42. The van der Waals surface area contributed by atoms with Crippen LogP contribution in [0.15, 0.2) is 42.5 Å². The Morgan fingerprint density at radius 2 is 1.75 bits per heavy atom. The van der Waals surface area contributed by atoms with Crippen molar-refractivity contribution in [3.8, 4) is 11.5 Å². The number of hydrogen-bond acceptors (Lipinski definition) is 5. The number of piperazine rings is 1. The number of urea groups is 1. The minimum absolute atomic E-state index is 0.0631. The molecule has 9 heteroatoms. The van der Waals surface area contributed by atoms with Crippen molar-refractivity contribution >= 4 is 23.3 Å². The van der Waals surface area contributed by atoms with E-state index in [9.17, 15) is 14.0 Å². The summed E-state index contributed by atoms with van der Waals surface area (Å²) in [5, 5.41) is 2.97. The average molecular weight is 442 g/mol. The Morgan fingerprint density at radius 3 is 2.44 bits per heavy atom. The molecule has 1 unspecified atom stereocenters. The number of methoxy groups -OCH3 is 2. The van der Waals surface area contributed by atoms with E-state index in [2.05, 4.69) is 5.32 Å². The molecule has 8 nitrogen and oxygen atoms in total. The summed E-state index contributed by atoms with van der Waals surface area (Å²) in [7, 11) is 3.10. The first-order valence-electron chi connectivity index (χ1n) is 10.6. The van der Waals surface area contributed by atoms with Crippen molar-refractivity contribution in [1.82, 2.24) is 10.2 Å². The number of carbonyl (C=O) groups excluding carboxylic acids is 2. The van der Waals surface area contributed by atoms with Crippen LogP contribution in [0.2, 0.25) is 0 Å². The standard InChI is InChI=1S/C23H27FN4O4/c1-31-20-8-7-17(14-21(20)32-2)28-15-16(13-22(28)29)25-23(30)27-11-9-26(10-12-27)19-6-4-3-5-18(19)24/h3-8,14,16H,9-13,15H2,1-2H3,(H,25,30). The Hall–Kier alpha value is -3.49. The van der Waals surface area contributed by atoms with Crippen molar-refractivity contribution in [3.05, 3.63) is 48.3 Å². The zero-order chi connectivity index (χ0) is 22.7. The van der Waals surface area contributed by atoms with Crippen LogP contribution >= 0.6 is 0 Å². The van der Waals surface area contributed by atoms with Crippen molar-refractivity contribution in [2.75, 3.05) is 56.7 Å². The van der Waals surface area contributed by atoms with Gasteiger partial charge in [0.15, 0.2) is 11.5 Å². The molecule has 2 aliphatic rings. The lowest BCUT2D eigenvalue weighted by atomic mass is 10.2. The normalized spacial score (nSPS) is 18.7. The van der Waals surface area contributed by atoms with Gasteiger partial charge in [0, 0.05) is 50.9 Å². The molecule has 1 N–H and O–H groups in total. The summed E-state index contributed by atoms with van der Waals surface area (Å²) in [6.07, 6.45) is 0.231. The average Bonchev–Trinajstić information content (AvgIpc) is 3.18. The van der Waals surface area contributed by atoms with Crippen LogP contribution < -0.4 is 24.6 Å². The zero-order valence-corrected chi connectivity index (χ0v) is 18.2. The summed E-state index contributed by atoms with van der Waals surface area (Å²) in [6.45, 7) is 2.46. The number of nitrogens with zero attached hydrogens (tertiary/aromatic N) is 3. The molecule has 0 bridgehead atoms. The highest BCUT2D eigenvalue weighted by atomic mass is 19.1. The van der Waals surface area contributed by atoms with Gasteiger partial charge in [0.2, 0.25) is 5.91 Å². The van der Waals surface area contributed by atoms with Crippen LogP contribution in [0, 0.1) is 5.82 Å². The summed E-state index contributed by atoms with van der Waals surface area (Å²) in [6, 6.07) is 11.5. The highest BCUT2D eigenvalue weighted by Crippen LogP contribution is 2.33. The molecule has 2 aromatic carbocycles. The molecule has 2 aliphatic heterocycles. The third-order valence-electron chi connectivity index (χ3n) is 5.89. The van der Waals surface area contributed by atoms with Gasteiger partial charge in [-0.25, -0.2) is 9.18 Å². The van der Waals surface area contributed by atoms with E-state index in [1.165, 1.54) is 6.07 Å². The fourth-order valence-corrected chi connectivity index (χ4v) is 4.17. The predicted molar refractivity (Wildman–Crippen MR) is 119 cm³/mol. The number of hydrogen-bond donors (Lipinski definition) is 1. The molecule has 170 valence electrons. The van der Waals surface area contributed by atoms with Gasteiger partial charge in [0.05, 0.1) is 25.9 Å². The molecule has 0 aromatic heterocycles. The van der Waals surface area contributed by atoms with Crippen LogP contribution in [0.4, 0.5) is 20.6 Å². The van der Waals surface area contributed by atoms with Gasteiger partial charge in [-0.15, -0.1) is 0 Å². The maximum Gasteiger partial charge on any atom is 0.317 e. The Morgan fingerprint density at radius 1 is 1.03 bits per heavy atom. The lowest BCUT2D eigenvalue weighted by molar-refractivity contribution is -0.117. The summed E-state index contributed by atoms with van der Waals surface area (Å²) in [4.78, 5) is 30.6. The van der Waals surface area contributed by atoms with Crippen molar-refractivity contribution in [2.45, 2.75) is 12.5 Å². The summed E-state index contributed by atoms with van der Waals surface area (Å²) >= 11 is 0. The molecule has 0 aliphatic carbocycles. The van der Waals surface area contributed by atoms with Crippen LogP contribution in [-0.4, -0.2) is 69.8 Å². The summed E-state index contributed by atoms with van der Waals surface area (Å²) < 4.78 is 24.6. The number of para-hydroxylation sites is 1. The van der Waals surface area contributed by atoms with E-state index in [0.717, 1.165) is 0 Å². The van der Waals surface area contributed by atoms with Crippen LogP contribution in [-0.2, 0) is 4.79 Å². The van der Waals surface area contributed by atoms with E-state index >= 15 is 0 Å². The molecule has 0 saturated carbocycles. The Bertz CT molecular complexity index is 994. The van der Waals surface area contributed by atoms with E-state index in [4.69, 9.17) is 9.47 Å². The Balaban J connectivity index is 1.33. The van der Waals surface area contributed by atoms with Crippen LogP contribution in [0.5, 0.6) is 11.5 Å². The van der Waals surface area contributed by atoms with Gasteiger partial charge < -0.3 is 29.5 Å². The first-order chi connectivity index (χ1) is 15.5. The molecular formula is C23H27FN4O4. The molecule has 2 aromatic rings. The molecule has 2 saturated heterocycles. The Labute approximate surface area is 186 Å². The number of amides is 3. The lowest BCUT2D eigenvalue weighted by Crippen LogP contribution is -2.54. The Kier molecular flexibility index (Phi) is 6.34. The number of benzene rings is 2. The zero-order valence-electron chi connectivity index (χ0n) is 18.2.